The van der Waals surface area contributed by atoms with Crippen LogP contribution in [0.3, 0.4) is 0 Å². The van der Waals surface area contributed by atoms with Gasteiger partial charge in [-0.15, -0.1) is 0 Å². The van der Waals surface area contributed by atoms with Gasteiger partial charge < -0.3 is 5.32 Å². The van der Waals surface area contributed by atoms with Gasteiger partial charge in [0.05, 0.1) is 0 Å². The number of hydrogen-bond donors (Lipinski definition) is 1. The van der Waals surface area contributed by atoms with Crippen LogP contribution >= 0.6 is 0 Å². The van der Waals surface area contributed by atoms with E-state index in [9.17, 15) is 4.39 Å². The van der Waals surface area contributed by atoms with Crippen molar-refractivity contribution in [1.29, 1.82) is 0 Å². The van der Waals surface area contributed by atoms with Gasteiger partial charge in [0.15, 0.2) is 0 Å². The highest BCUT2D eigenvalue weighted by molar-refractivity contribution is 5.57. The van der Waals surface area contributed by atoms with Gasteiger partial charge in [0, 0.05) is 12.2 Å². The van der Waals surface area contributed by atoms with Crippen molar-refractivity contribution in [2.45, 2.75) is 33.7 Å². The van der Waals surface area contributed by atoms with E-state index in [-0.39, 0.29) is 5.82 Å². The van der Waals surface area contributed by atoms with E-state index in [1.807, 2.05) is 12.1 Å². The first-order valence-corrected chi connectivity index (χ1v) is 6.69. The van der Waals surface area contributed by atoms with Crippen LogP contribution in [0.15, 0.2) is 36.4 Å². The molecule has 2 aromatic rings. The van der Waals surface area contributed by atoms with Crippen molar-refractivity contribution in [2.24, 2.45) is 0 Å². The van der Waals surface area contributed by atoms with Crippen LogP contribution in [0.1, 0.15) is 29.2 Å². The SMILES string of the molecule is CCc1cccc(C)c1NCc1ccc(F)c(C)c1. The first-order valence-electron chi connectivity index (χ1n) is 6.69. The summed E-state index contributed by atoms with van der Waals surface area (Å²) < 4.78 is 13.2. The molecule has 0 aliphatic rings. The molecule has 0 aromatic heterocycles. The van der Waals surface area contributed by atoms with E-state index < -0.39 is 0 Å². The van der Waals surface area contributed by atoms with Crippen LogP contribution < -0.4 is 5.32 Å². The average Bonchev–Trinajstić information content (AvgIpc) is 2.41. The number of halogens is 1. The van der Waals surface area contributed by atoms with E-state index in [0.29, 0.717) is 5.56 Å². The van der Waals surface area contributed by atoms with Crippen LogP contribution in [0.25, 0.3) is 0 Å². The van der Waals surface area contributed by atoms with Gasteiger partial charge in [-0.05, 0) is 48.6 Å². The number of anilines is 1. The second kappa shape index (κ2) is 5.87. The lowest BCUT2D eigenvalue weighted by atomic mass is 10.1. The summed E-state index contributed by atoms with van der Waals surface area (Å²) in [4.78, 5) is 0. The largest absolute Gasteiger partial charge is 0.381 e. The molecular formula is C17H20FN. The first-order chi connectivity index (χ1) is 9.11. The van der Waals surface area contributed by atoms with E-state index in [1.54, 1.807) is 6.92 Å². The number of aryl methyl sites for hydroxylation is 3. The molecule has 0 fully saturated rings. The van der Waals surface area contributed by atoms with E-state index in [4.69, 9.17) is 0 Å². The van der Waals surface area contributed by atoms with Crippen LogP contribution in [0.4, 0.5) is 10.1 Å². The van der Waals surface area contributed by atoms with Gasteiger partial charge in [0.2, 0.25) is 0 Å². The van der Waals surface area contributed by atoms with Gasteiger partial charge in [0.25, 0.3) is 0 Å². The van der Waals surface area contributed by atoms with Gasteiger partial charge >= 0.3 is 0 Å². The van der Waals surface area contributed by atoms with E-state index in [2.05, 4.69) is 37.4 Å². The van der Waals surface area contributed by atoms with Crippen LogP contribution in [-0.2, 0) is 13.0 Å². The molecule has 0 radical (unpaired) electrons. The third kappa shape index (κ3) is 3.14. The minimum Gasteiger partial charge on any atom is -0.381 e. The van der Waals surface area contributed by atoms with Crippen molar-refractivity contribution >= 4 is 5.69 Å². The Bertz CT molecular complexity index is 575. The zero-order valence-electron chi connectivity index (χ0n) is 11.8. The highest BCUT2D eigenvalue weighted by Crippen LogP contribution is 2.22. The fourth-order valence-corrected chi connectivity index (χ4v) is 2.28. The fourth-order valence-electron chi connectivity index (χ4n) is 2.28. The van der Waals surface area contributed by atoms with Gasteiger partial charge in [0.1, 0.15) is 5.82 Å². The minimum atomic E-state index is -0.145. The lowest BCUT2D eigenvalue weighted by molar-refractivity contribution is 0.617. The molecule has 100 valence electrons. The maximum atomic E-state index is 13.2. The number of para-hydroxylation sites is 1. The maximum absolute atomic E-state index is 13.2. The molecule has 1 N–H and O–H groups in total. The van der Waals surface area contributed by atoms with E-state index in [0.717, 1.165) is 18.5 Å². The fraction of sp³-hybridized carbons (Fsp3) is 0.294. The Morgan fingerprint density at radius 3 is 2.53 bits per heavy atom. The van der Waals surface area contributed by atoms with Crippen molar-refractivity contribution in [3.63, 3.8) is 0 Å². The molecule has 0 aliphatic heterocycles. The lowest BCUT2D eigenvalue weighted by Crippen LogP contribution is -2.04. The minimum absolute atomic E-state index is 0.145. The van der Waals surface area contributed by atoms with Crippen LogP contribution in [0, 0.1) is 19.7 Å². The quantitative estimate of drug-likeness (QED) is 0.843. The lowest BCUT2D eigenvalue weighted by Gasteiger charge is -2.14. The summed E-state index contributed by atoms with van der Waals surface area (Å²) in [6, 6.07) is 11.6. The van der Waals surface area contributed by atoms with E-state index in [1.165, 1.54) is 22.9 Å². The van der Waals surface area contributed by atoms with Gasteiger partial charge in [-0.2, -0.15) is 0 Å². The normalized spacial score (nSPS) is 10.5. The number of benzene rings is 2. The number of nitrogens with one attached hydrogen (secondary N) is 1. The summed E-state index contributed by atoms with van der Waals surface area (Å²) >= 11 is 0. The monoisotopic (exact) mass is 257 g/mol. The second-order valence-electron chi connectivity index (χ2n) is 4.90. The zero-order chi connectivity index (χ0) is 13.8. The number of hydrogen-bond acceptors (Lipinski definition) is 1. The van der Waals surface area contributed by atoms with Crippen LogP contribution in [0.5, 0.6) is 0 Å². The summed E-state index contributed by atoms with van der Waals surface area (Å²) in [5, 5.41) is 3.47. The molecule has 0 spiro atoms. The molecular weight excluding hydrogens is 237 g/mol. The van der Waals surface area contributed by atoms with E-state index >= 15 is 0 Å². The van der Waals surface area contributed by atoms with Crippen molar-refractivity contribution in [3.05, 3.63) is 64.5 Å². The molecule has 19 heavy (non-hydrogen) atoms. The van der Waals surface area contributed by atoms with Gasteiger partial charge in [-0.3, -0.25) is 0 Å². The Morgan fingerprint density at radius 1 is 1.05 bits per heavy atom. The van der Waals surface area contributed by atoms with Crippen LogP contribution in [0.2, 0.25) is 0 Å². The predicted octanol–water partition coefficient (Wildman–Crippen LogP) is 4.62. The molecule has 0 saturated carbocycles. The summed E-state index contributed by atoms with van der Waals surface area (Å²) in [7, 11) is 0. The summed E-state index contributed by atoms with van der Waals surface area (Å²) in [6.45, 7) is 6.78. The third-order valence-corrected chi connectivity index (χ3v) is 3.43. The topological polar surface area (TPSA) is 12.0 Å². The van der Waals surface area contributed by atoms with Crippen molar-refractivity contribution < 1.29 is 4.39 Å². The molecule has 0 atom stereocenters. The highest BCUT2D eigenvalue weighted by atomic mass is 19.1. The summed E-state index contributed by atoms with van der Waals surface area (Å²) in [6.07, 6.45) is 1.01. The Kier molecular flexibility index (Phi) is 4.20. The molecule has 0 aliphatic carbocycles. The molecule has 2 heteroatoms. The third-order valence-electron chi connectivity index (χ3n) is 3.43. The molecule has 2 rings (SSSR count). The van der Waals surface area contributed by atoms with Crippen molar-refractivity contribution in [1.82, 2.24) is 0 Å². The smallest absolute Gasteiger partial charge is 0.126 e. The Balaban J connectivity index is 2.16. The summed E-state index contributed by atoms with van der Waals surface area (Å²) in [5.74, 6) is -0.145. The molecule has 0 amide bonds. The molecule has 0 heterocycles. The van der Waals surface area contributed by atoms with Crippen molar-refractivity contribution in [3.8, 4) is 0 Å². The summed E-state index contributed by atoms with van der Waals surface area (Å²) in [5.41, 5.74) is 5.56. The molecule has 2 aromatic carbocycles. The predicted molar refractivity (Wildman–Crippen MR) is 79.0 cm³/mol. The molecule has 0 saturated heterocycles. The van der Waals surface area contributed by atoms with Crippen molar-refractivity contribution in [2.75, 3.05) is 5.32 Å². The first kappa shape index (κ1) is 13.6. The molecule has 0 unspecified atom stereocenters. The Morgan fingerprint density at radius 2 is 1.84 bits per heavy atom. The zero-order valence-corrected chi connectivity index (χ0v) is 11.8. The second-order valence-corrected chi connectivity index (χ2v) is 4.90. The Hall–Kier alpha value is -1.83. The standard InChI is InChI=1S/C17H20FN/c1-4-15-7-5-6-12(2)17(15)19-11-14-8-9-16(18)13(3)10-14/h5-10,19H,4,11H2,1-3H3. The highest BCUT2D eigenvalue weighted by Gasteiger charge is 2.04. The van der Waals surface area contributed by atoms with Crippen LogP contribution in [-0.4, -0.2) is 0 Å². The van der Waals surface area contributed by atoms with Gasteiger partial charge in [-0.25, -0.2) is 4.39 Å². The average molecular weight is 257 g/mol. The van der Waals surface area contributed by atoms with Gasteiger partial charge in [-0.1, -0.05) is 37.3 Å². The number of rotatable bonds is 4. The molecule has 0 bridgehead atoms. The Labute approximate surface area is 114 Å². The molecule has 1 nitrogen and oxygen atoms in total. The maximum Gasteiger partial charge on any atom is 0.126 e.